The van der Waals surface area contributed by atoms with Gasteiger partial charge in [-0.2, -0.15) is 0 Å². The lowest BCUT2D eigenvalue weighted by Crippen LogP contribution is -2.30. The van der Waals surface area contributed by atoms with E-state index in [-0.39, 0.29) is 5.78 Å². The molecule has 3 rings (SSSR count). The molecule has 0 aromatic heterocycles. The van der Waals surface area contributed by atoms with E-state index in [4.69, 9.17) is 23.1 Å². The molecule has 3 aromatic carbocycles. The standard InChI is InChI=1S/C28H30ClN2O/c1-2-5-20-7-9-21(10-8-20)27(23-15-17-25(29)18-16-23)22-11-13-24(14-12-22)28(32)26(31)6-3-4-19-30/h2,7-18,26H,1,3-6,19,30-31H2/t26-/m0/s1. The summed E-state index contributed by atoms with van der Waals surface area (Å²) in [6.07, 6.45) is 5.12. The first kappa shape index (κ1) is 23.9. The number of ketones is 1. The van der Waals surface area contributed by atoms with Crippen LogP contribution in [-0.2, 0) is 6.42 Å². The van der Waals surface area contributed by atoms with E-state index in [0.29, 0.717) is 23.6 Å². The van der Waals surface area contributed by atoms with Gasteiger partial charge in [0.05, 0.1) is 12.0 Å². The Morgan fingerprint density at radius 3 is 1.88 bits per heavy atom. The minimum absolute atomic E-state index is 0.0320. The van der Waals surface area contributed by atoms with Crippen LogP contribution in [0.3, 0.4) is 0 Å². The Labute approximate surface area is 196 Å². The molecule has 1 radical (unpaired) electrons. The van der Waals surface area contributed by atoms with Crippen LogP contribution in [0.25, 0.3) is 0 Å². The molecule has 0 aliphatic heterocycles. The summed E-state index contributed by atoms with van der Waals surface area (Å²) in [5, 5.41) is 0.694. The van der Waals surface area contributed by atoms with Gasteiger partial charge in [-0.05, 0) is 60.2 Å². The smallest absolute Gasteiger partial charge is 0.179 e. The van der Waals surface area contributed by atoms with Crippen LogP contribution in [-0.4, -0.2) is 18.4 Å². The molecule has 32 heavy (non-hydrogen) atoms. The van der Waals surface area contributed by atoms with Crippen LogP contribution >= 0.6 is 11.6 Å². The monoisotopic (exact) mass is 445 g/mol. The van der Waals surface area contributed by atoms with E-state index in [1.807, 2.05) is 54.6 Å². The summed E-state index contributed by atoms with van der Waals surface area (Å²) in [4.78, 5) is 12.7. The molecule has 4 heteroatoms. The van der Waals surface area contributed by atoms with Crippen LogP contribution in [0.4, 0.5) is 0 Å². The number of rotatable bonds is 11. The lowest BCUT2D eigenvalue weighted by Gasteiger charge is -2.19. The van der Waals surface area contributed by atoms with Crippen molar-refractivity contribution in [2.24, 2.45) is 11.5 Å². The number of nitrogens with two attached hydrogens (primary N) is 2. The van der Waals surface area contributed by atoms with Crippen LogP contribution < -0.4 is 11.5 Å². The molecule has 0 saturated heterocycles. The highest BCUT2D eigenvalue weighted by Gasteiger charge is 2.20. The van der Waals surface area contributed by atoms with Gasteiger partial charge in [-0.3, -0.25) is 4.79 Å². The van der Waals surface area contributed by atoms with Gasteiger partial charge in [0, 0.05) is 10.6 Å². The van der Waals surface area contributed by atoms with Gasteiger partial charge >= 0.3 is 0 Å². The fourth-order valence-electron chi connectivity index (χ4n) is 3.75. The first-order valence-electron chi connectivity index (χ1n) is 11.0. The van der Waals surface area contributed by atoms with Crippen molar-refractivity contribution in [3.8, 4) is 0 Å². The third-order valence-corrected chi connectivity index (χ3v) is 5.77. The van der Waals surface area contributed by atoms with E-state index in [2.05, 4.69) is 30.8 Å². The number of carbonyl (C=O) groups is 1. The molecular formula is C28H30ClN2O. The normalized spacial score (nSPS) is 12.0. The van der Waals surface area contributed by atoms with E-state index in [1.54, 1.807) is 0 Å². The molecule has 0 unspecified atom stereocenters. The molecule has 0 aliphatic carbocycles. The number of benzene rings is 3. The number of halogens is 1. The van der Waals surface area contributed by atoms with Crippen molar-refractivity contribution in [2.45, 2.75) is 31.7 Å². The van der Waals surface area contributed by atoms with E-state index < -0.39 is 6.04 Å². The molecule has 0 fully saturated rings. The lowest BCUT2D eigenvalue weighted by molar-refractivity contribution is 0.0956. The summed E-state index contributed by atoms with van der Waals surface area (Å²) in [6.45, 7) is 4.43. The largest absolute Gasteiger partial charge is 0.330 e. The average Bonchev–Trinajstić information content (AvgIpc) is 2.82. The third-order valence-electron chi connectivity index (χ3n) is 5.52. The average molecular weight is 446 g/mol. The maximum Gasteiger partial charge on any atom is 0.179 e. The van der Waals surface area contributed by atoms with Crippen molar-refractivity contribution >= 4 is 17.4 Å². The summed E-state index contributed by atoms with van der Waals surface area (Å²) < 4.78 is 0. The highest BCUT2D eigenvalue weighted by molar-refractivity contribution is 6.30. The van der Waals surface area contributed by atoms with E-state index in [1.165, 1.54) is 5.56 Å². The lowest BCUT2D eigenvalue weighted by atomic mass is 9.84. The molecule has 0 amide bonds. The van der Waals surface area contributed by atoms with Crippen LogP contribution in [0.2, 0.25) is 5.02 Å². The van der Waals surface area contributed by atoms with Gasteiger partial charge in [-0.15, -0.1) is 6.58 Å². The number of allylic oxidation sites excluding steroid dienone is 1. The molecule has 0 spiro atoms. The second-order valence-corrected chi connectivity index (χ2v) is 8.34. The second kappa shape index (κ2) is 11.8. The van der Waals surface area contributed by atoms with Crippen molar-refractivity contribution in [1.82, 2.24) is 0 Å². The van der Waals surface area contributed by atoms with Gasteiger partial charge in [0.2, 0.25) is 0 Å². The first-order chi connectivity index (χ1) is 15.5. The zero-order valence-electron chi connectivity index (χ0n) is 18.3. The van der Waals surface area contributed by atoms with Crippen LogP contribution in [0.1, 0.15) is 51.9 Å². The van der Waals surface area contributed by atoms with E-state index in [0.717, 1.165) is 41.9 Å². The highest BCUT2D eigenvalue weighted by atomic mass is 35.5. The SMILES string of the molecule is C=CCc1ccc([C](c2ccc(Cl)cc2)c2ccc(C(=O)[C@@H](N)CCCCN)cc2)cc1. The second-order valence-electron chi connectivity index (χ2n) is 7.90. The van der Waals surface area contributed by atoms with Gasteiger partial charge in [-0.1, -0.05) is 84.8 Å². The van der Waals surface area contributed by atoms with Crippen LogP contribution in [0.15, 0.2) is 85.5 Å². The fraction of sp³-hybridized carbons (Fsp3) is 0.214. The Bertz CT molecular complexity index is 1010. The van der Waals surface area contributed by atoms with Gasteiger partial charge in [0.25, 0.3) is 0 Å². The topological polar surface area (TPSA) is 69.1 Å². The fourth-order valence-corrected chi connectivity index (χ4v) is 3.87. The number of hydrogen-bond acceptors (Lipinski definition) is 3. The molecule has 0 heterocycles. The quantitative estimate of drug-likeness (QED) is 0.171. The predicted octanol–water partition coefficient (Wildman–Crippen LogP) is 5.73. The minimum atomic E-state index is -0.496. The Balaban J connectivity index is 1.88. The summed E-state index contributed by atoms with van der Waals surface area (Å²) in [5.74, 6) is 1.05. The van der Waals surface area contributed by atoms with Crippen LogP contribution in [0.5, 0.6) is 0 Å². The van der Waals surface area contributed by atoms with Crippen molar-refractivity contribution in [2.75, 3.05) is 6.54 Å². The molecular weight excluding hydrogens is 416 g/mol. The number of Topliss-reactive ketones (excluding diaryl/α,β-unsaturated/α-hetero) is 1. The maximum absolute atomic E-state index is 12.7. The Morgan fingerprint density at radius 1 is 0.844 bits per heavy atom. The van der Waals surface area contributed by atoms with Crippen molar-refractivity contribution in [3.05, 3.63) is 124 Å². The number of unbranched alkanes of at least 4 members (excludes halogenated alkanes) is 1. The molecule has 1 atom stereocenters. The summed E-state index contributed by atoms with van der Waals surface area (Å²) >= 11 is 6.12. The number of hydrogen-bond donors (Lipinski definition) is 2. The Kier molecular flexibility index (Phi) is 8.81. The summed E-state index contributed by atoms with van der Waals surface area (Å²) in [5.41, 5.74) is 16.7. The molecule has 0 aliphatic rings. The molecule has 4 N–H and O–H groups in total. The summed E-state index contributed by atoms with van der Waals surface area (Å²) in [6, 6.07) is 23.5. The van der Waals surface area contributed by atoms with Gasteiger partial charge in [0.15, 0.2) is 5.78 Å². The van der Waals surface area contributed by atoms with Gasteiger partial charge in [-0.25, -0.2) is 0 Å². The first-order valence-corrected chi connectivity index (χ1v) is 11.3. The van der Waals surface area contributed by atoms with Gasteiger partial charge in [0.1, 0.15) is 0 Å². The summed E-state index contributed by atoms with van der Waals surface area (Å²) in [7, 11) is 0. The molecule has 3 nitrogen and oxygen atoms in total. The van der Waals surface area contributed by atoms with Crippen molar-refractivity contribution in [1.29, 1.82) is 0 Å². The molecule has 3 aromatic rings. The van der Waals surface area contributed by atoms with Crippen LogP contribution in [0, 0.1) is 5.92 Å². The zero-order chi connectivity index (χ0) is 22.9. The predicted molar refractivity (Wildman–Crippen MR) is 134 cm³/mol. The minimum Gasteiger partial charge on any atom is -0.330 e. The van der Waals surface area contributed by atoms with Crippen molar-refractivity contribution < 1.29 is 4.79 Å². The van der Waals surface area contributed by atoms with Crippen molar-refractivity contribution in [3.63, 3.8) is 0 Å². The van der Waals surface area contributed by atoms with E-state index in [9.17, 15) is 4.79 Å². The molecule has 0 saturated carbocycles. The Hall–Kier alpha value is -2.72. The van der Waals surface area contributed by atoms with E-state index >= 15 is 0 Å². The Morgan fingerprint density at radius 2 is 1.34 bits per heavy atom. The number of carbonyl (C=O) groups excluding carboxylic acids is 1. The molecule has 0 bridgehead atoms. The van der Waals surface area contributed by atoms with Gasteiger partial charge < -0.3 is 11.5 Å². The highest BCUT2D eigenvalue weighted by Crippen LogP contribution is 2.32. The third kappa shape index (κ3) is 6.17. The zero-order valence-corrected chi connectivity index (χ0v) is 19.0. The maximum atomic E-state index is 12.7. The molecule has 165 valence electrons.